The van der Waals surface area contributed by atoms with Crippen molar-refractivity contribution in [3.05, 3.63) is 59.7 Å². The molecule has 0 heterocycles. The Kier molecular flexibility index (Phi) is 6.20. The van der Waals surface area contributed by atoms with Gasteiger partial charge in [0, 0.05) is 6.54 Å². The summed E-state index contributed by atoms with van der Waals surface area (Å²) in [7, 11) is -1.90. The van der Waals surface area contributed by atoms with Crippen LogP contribution in [0.15, 0.2) is 53.4 Å². The van der Waals surface area contributed by atoms with Crippen LogP contribution in [0.3, 0.4) is 0 Å². The summed E-state index contributed by atoms with van der Waals surface area (Å²) in [6.45, 7) is 3.63. The molecule has 0 aliphatic heterocycles. The molecule has 1 N–H and O–H groups in total. The number of ether oxygens (including phenoxy) is 1. The molecule has 0 aliphatic carbocycles. The Morgan fingerprint density at radius 3 is 2.32 bits per heavy atom. The molecule has 0 fully saturated rings. The molecule has 25 heavy (non-hydrogen) atoms. The van der Waals surface area contributed by atoms with E-state index in [1.165, 1.54) is 12.1 Å². The van der Waals surface area contributed by atoms with Crippen molar-refractivity contribution < 1.29 is 17.9 Å². The van der Waals surface area contributed by atoms with E-state index in [9.17, 15) is 13.2 Å². The fourth-order valence-corrected chi connectivity index (χ4v) is 3.61. The Morgan fingerprint density at radius 2 is 1.72 bits per heavy atom. The Balaban J connectivity index is 2.06. The summed E-state index contributed by atoms with van der Waals surface area (Å²) in [4.78, 5) is 12.5. The molecule has 134 valence electrons. The molecule has 0 atom stereocenters. The van der Waals surface area contributed by atoms with Crippen LogP contribution >= 0.6 is 0 Å². The number of carbonyl (C=O) groups is 1. The van der Waals surface area contributed by atoms with Crippen molar-refractivity contribution in [2.75, 3.05) is 13.7 Å². The van der Waals surface area contributed by atoms with Crippen LogP contribution in [-0.4, -0.2) is 33.2 Å². The molecular formula is C19H23NO4S. The van der Waals surface area contributed by atoms with Crippen molar-refractivity contribution >= 4 is 15.7 Å². The van der Waals surface area contributed by atoms with Gasteiger partial charge < -0.3 is 10.1 Å². The maximum Gasteiger partial charge on any atom is 0.252 e. The van der Waals surface area contributed by atoms with Gasteiger partial charge in [0.2, 0.25) is 0 Å². The fraction of sp³-hybridized carbons (Fsp3) is 0.316. The highest BCUT2D eigenvalue weighted by molar-refractivity contribution is 7.92. The Bertz CT molecular complexity index is 827. The van der Waals surface area contributed by atoms with Crippen molar-refractivity contribution in [2.24, 2.45) is 0 Å². The number of sulfone groups is 1. The lowest BCUT2D eigenvalue weighted by Gasteiger charge is -2.13. The Morgan fingerprint density at radius 1 is 1.08 bits per heavy atom. The molecule has 6 heteroatoms. The highest BCUT2D eigenvalue weighted by Crippen LogP contribution is 2.20. The lowest BCUT2D eigenvalue weighted by molar-refractivity contribution is 0.0951. The number of benzene rings is 2. The summed E-state index contributed by atoms with van der Waals surface area (Å²) in [6.07, 6.45) is 0.648. The molecule has 0 radical (unpaired) electrons. The smallest absolute Gasteiger partial charge is 0.252 e. The summed E-state index contributed by atoms with van der Waals surface area (Å²) in [5.74, 6) is 0.397. The molecule has 0 saturated heterocycles. The predicted octanol–water partition coefficient (Wildman–Crippen LogP) is 2.85. The van der Waals surface area contributed by atoms with E-state index in [-0.39, 0.29) is 16.4 Å². The zero-order chi connectivity index (χ0) is 18.4. The monoisotopic (exact) mass is 361 g/mol. The molecule has 2 rings (SSSR count). The zero-order valence-electron chi connectivity index (χ0n) is 14.7. The minimum absolute atomic E-state index is 0.0759. The van der Waals surface area contributed by atoms with Gasteiger partial charge in [-0.15, -0.1) is 0 Å². The van der Waals surface area contributed by atoms with Crippen LogP contribution in [0.5, 0.6) is 5.75 Å². The highest BCUT2D eigenvalue weighted by atomic mass is 32.2. The average Bonchev–Trinajstić information content (AvgIpc) is 2.62. The van der Waals surface area contributed by atoms with Gasteiger partial charge in [-0.2, -0.15) is 0 Å². The van der Waals surface area contributed by atoms with Crippen molar-refractivity contribution in [1.29, 1.82) is 0 Å². The third-order valence-electron chi connectivity index (χ3n) is 3.92. The summed E-state index contributed by atoms with van der Waals surface area (Å²) in [5, 5.41) is 2.21. The van der Waals surface area contributed by atoms with Gasteiger partial charge >= 0.3 is 0 Å². The van der Waals surface area contributed by atoms with Crippen LogP contribution in [0.1, 0.15) is 29.8 Å². The van der Waals surface area contributed by atoms with Gasteiger partial charge in [0.1, 0.15) is 5.75 Å². The first-order chi connectivity index (χ1) is 11.9. The number of methoxy groups -OCH3 is 1. The molecule has 0 spiro atoms. The maximum atomic E-state index is 12.4. The van der Waals surface area contributed by atoms with Crippen LogP contribution in [-0.2, 0) is 16.3 Å². The number of carbonyl (C=O) groups excluding carboxylic acids is 1. The molecule has 0 aromatic heterocycles. The lowest BCUT2D eigenvalue weighted by Crippen LogP contribution is -2.28. The van der Waals surface area contributed by atoms with E-state index < -0.39 is 15.1 Å². The number of amides is 1. The van der Waals surface area contributed by atoms with Crippen molar-refractivity contribution in [3.8, 4) is 5.75 Å². The summed E-state index contributed by atoms with van der Waals surface area (Å²) >= 11 is 0. The zero-order valence-corrected chi connectivity index (χ0v) is 15.5. The van der Waals surface area contributed by atoms with Crippen LogP contribution in [0.2, 0.25) is 0 Å². The molecule has 0 unspecified atom stereocenters. The summed E-state index contributed by atoms with van der Waals surface area (Å²) in [5.41, 5.74) is 1.25. The van der Waals surface area contributed by atoms with E-state index in [1.807, 2.05) is 24.3 Å². The number of nitrogens with one attached hydrogen (secondary N) is 1. The molecule has 0 saturated carbocycles. The molecule has 2 aromatic carbocycles. The van der Waals surface area contributed by atoms with E-state index in [2.05, 4.69) is 5.32 Å². The second kappa shape index (κ2) is 8.16. The molecule has 0 aliphatic rings. The van der Waals surface area contributed by atoms with E-state index in [0.717, 1.165) is 11.3 Å². The SMILES string of the molecule is COc1ccc(CCNC(=O)c2ccccc2S(=O)(=O)C(C)C)cc1. The van der Waals surface area contributed by atoms with Crippen LogP contribution < -0.4 is 10.1 Å². The minimum Gasteiger partial charge on any atom is -0.497 e. The first-order valence-corrected chi connectivity index (χ1v) is 9.65. The molecule has 0 bridgehead atoms. The number of hydrogen-bond acceptors (Lipinski definition) is 4. The third-order valence-corrected chi connectivity index (χ3v) is 6.13. The maximum absolute atomic E-state index is 12.4. The second-order valence-corrected chi connectivity index (χ2v) is 8.42. The Labute approximate surface area is 148 Å². The fourth-order valence-electron chi connectivity index (χ4n) is 2.36. The predicted molar refractivity (Wildman–Crippen MR) is 97.8 cm³/mol. The van der Waals surface area contributed by atoms with Gasteiger partial charge in [-0.3, -0.25) is 4.79 Å². The van der Waals surface area contributed by atoms with E-state index in [4.69, 9.17) is 4.74 Å². The molecule has 5 nitrogen and oxygen atoms in total. The van der Waals surface area contributed by atoms with Crippen LogP contribution in [0.25, 0.3) is 0 Å². The average molecular weight is 361 g/mol. The van der Waals surface area contributed by atoms with E-state index >= 15 is 0 Å². The largest absolute Gasteiger partial charge is 0.497 e. The molecule has 2 aromatic rings. The Hall–Kier alpha value is -2.34. The van der Waals surface area contributed by atoms with Crippen LogP contribution in [0, 0.1) is 0 Å². The molecular weight excluding hydrogens is 338 g/mol. The third kappa shape index (κ3) is 4.60. The summed E-state index contributed by atoms with van der Waals surface area (Å²) in [6, 6.07) is 13.9. The number of hydrogen-bond donors (Lipinski definition) is 1. The van der Waals surface area contributed by atoms with Gasteiger partial charge in [0.15, 0.2) is 9.84 Å². The van der Waals surface area contributed by atoms with Crippen molar-refractivity contribution in [1.82, 2.24) is 5.32 Å². The normalized spacial score (nSPS) is 11.4. The van der Waals surface area contributed by atoms with Crippen LogP contribution in [0.4, 0.5) is 0 Å². The van der Waals surface area contributed by atoms with Gasteiger partial charge in [-0.25, -0.2) is 8.42 Å². The first kappa shape index (κ1) is 19.0. The molecule has 1 amide bonds. The van der Waals surface area contributed by atoms with E-state index in [1.54, 1.807) is 33.1 Å². The van der Waals surface area contributed by atoms with E-state index in [0.29, 0.717) is 13.0 Å². The standard InChI is InChI=1S/C19H23NO4S/c1-14(2)25(22,23)18-7-5-4-6-17(18)19(21)20-13-12-15-8-10-16(24-3)11-9-15/h4-11,14H,12-13H2,1-3H3,(H,20,21). The highest BCUT2D eigenvalue weighted by Gasteiger charge is 2.24. The lowest BCUT2D eigenvalue weighted by atomic mass is 10.1. The summed E-state index contributed by atoms with van der Waals surface area (Å²) < 4.78 is 29.9. The van der Waals surface area contributed by atoms with Gasteiger partial charge in [-0.1, -0.05) is 24.3 Å². The number of rotatable bonds is 7. The van der Waals surface area contributed by atoms with Gasteiger partial charge in [-0.05, 0) is 50.1 Å². The van der Waals surface area contributed by atoms with Crippen molar-refractivity contribution in [3.63, 3.8) is 0 Å². The van der Waals surface area contributed by atoms with Gasteiger partial charge in [0.05, 0.1) is 22.8 Å². The van der Waals surface area contributed by atoms with Gasteiger partial charge in [0.25, 0.3) is 5.91 Å². The minimum atomic E-state index is -3.51. The first-order valence-electron chi connectivity index (χ1n) is 8.10. The quantitative estimate of drug-likeness (QED) is 0.823. The second-order valence-electron chi connectivity index (χ2n) is 5.94. The van der Waals surface area contributed by atoms with Crippen molar-refractivity contribution in [2.45, 2.75) is 30.4 Å². The topological polar surface area (TPSA) is 72.5 Å².